The van der Waals surface area contributed by atoms with Crippen molar-refractivity contribution in [2.24, 2.45) is 0 Å². The molecule has 0 bridgehead atoms. The van der Waals surface area contributed by atoms with Gasteiger partial charge in [-0.3, -0.25) is 4.79 Å². The molecule has 1 amide bonds. The maximum Gasteiger partial charge on any atom is 0.357 e. The number of amides is 1. The van der Waals surface area contributed by atoms with Crippen molar-refractivity contribution in [1.82, 2.24) is 14.8 Å². The molecule has 140 valence electrons. The third-order valence-corrected chi connectivity index (χ3v) is 4.39. The number of benzene rings is 1. The largest absolute Gasteiger partial charge is 0.448 e. The molecule has 1 aromatic carbocycles. The lowest BCUT2D eigenvalue weighted by Gasteiger charge is -2.16. The van der Waals surface area contributed by atoms with Crippen LogP contribution in [0, 0.1) is 0 Å². The Labute approximate surface area is 157 Å². The number of fused-ring (bicyclic) bond motifs is 1. The van der Waals surface area contributed by atoms with Gasteiger partial charge < -0.3 is 10.1 Å². The van der Waals surface area contributed by atoms with Crippen molar-refractivity contribution in [1.29, 1.82) is 0 Å². The molecule has 0 saturated carbocycles. The summed E-state index contributed by atoms with van der Waals surface area (Å²) in [5.74, 6) is -0.492. The summed E-state index contributed by atoms with van der Waals surface area (Å²) in [5, 5.41) is 7.91. The zero-order valence-electron chi connectivity index (χ0n) is 15.5. The van der Waals surface area contributed by atoms with Crippen LogP contribution >= 0.6 is 0 Å². The second-order valence-electron chi connectivity index (χ2n) is 6.34. The zero-order valence-corrected chi connectivity index (χ0v) is 15.5. The predicted molar refractivity (Wildman–Crippen MR) is 102 cm³/mol. The van der Waals surface area contributed by atoms with Crippen molar-refractivity contribution >= 4 is 28.6 Å². The van der Waals surface area contributed by atoms with Gasteiger partial charge in [0, 0.05) is 11.5 Å². The smallest absolute Gasteiger partial charge is 0.357 e. The molecule has 3 rings (SSSR count). The summed E-state index contributed by atoms with van der Waals surface area (Å²) in [6.07, 6.45) is 1.53. The van der Waals surface area contributed by atoms with Crippen molar-refractivity contribution in [3.63, 3.8) is 0 Å². The Hall–Kier alpha value is -3.22. The average molecular weight is 366 g/mol. The average Bonchev–Trinajstić information content (AvgIpc) is 3.14. The van der Waals surface area contributed by atoms with Crippen LogP contribution in [0.3, 0.4) is 0 Å². The number of hydrogen-bond donors (Lipinski definition) is 1. The van der Waals surface area contributed by atoms with E-state index in [-0.39, 0.29) is 11.7 Å². The van der Waals surface area contributed by atoms with E-state index in [1.54, 1.807) is 29.1 Å². The monoisotopic (exact) mass is 366 g/mol. The fourth-order valence-electron chi connectivity index (χ4n) is 2.62. The fourth-order valence-corrected chi connectivity index (χ4v) is 2.62. The molecule has 27 heavy (non-hydrogen) atoms. The van der Waals surface area contributed by atoms with Crippen LogP contribution in [0.25, 0.3) is 10.9 Å². The van der Waals surface area contributed by atoms with Gasteiger partial charge >= 0.3 is 5.97 Å². The lowest BCUT2D eigenvalue weighted by atomic mass is 10.2. The summed E-state index contributed by atoms with van der Waals surface area (Å²) in [4.78, 5) is 29.0. The first-order valence-electron chi connectivity index (χ1n) is 8.90. The van der Waals surface area contributed by atoms with Gasteiger partial charge in [0.1, 0.15) is 11.5 Å². The third kappa shape index (κ3) is 4.13. The highest BCUT2D eigenvalue weighted by Crippen LogP contribution is 2.17. The van der Waals surface area contributed by atoms with Gasteiger partial charge in [0.15, 0.2) is 6.10 Å². The molecule has 7 heteroatoms. The highest BCUT2D eigenvalue weighted by Gasteiger charge is 2.21. The topological polar surface area (TPSA) is 86.1 Å². The summed E-state index contributed by atoms with van der Waals surface area (Å²) >= 11 is 0. The van der Waals surface area contributed by atoms with Gasteiger partial charge in [-0.05, 0) is 32.4 Å². The van der Waals surface area contributed by atoms with Crippen LogP contribution in [0.1, 0.15) is 43.7 Å². The van der Waals surface area contributed by atoms with E-state index >= 15 is 0 Å². The number of carbonyl (C=O) groups is 2. The van der Waals surface area contributed by atoms with Gasteiger partial charge in [-0.2, -0.15) is 5.10 Å². The highest BCUT2D eigenvalue weighted by atomic mass is 16.5. The minimum Gasteiger partial charge on any atom is -0.448 e. The van der Waals surface area contributed by atoms with Crippen LogP contribution in [0.4, 0.5) is 5.82 Å². The Morgan fingerprint density at radius 2 is 1.93 bits per heavy atom. The van der Waals surface area contributed by atoms with E-state index in [0.717, 1.165) is 11.8 Å². The second-order valence-corrected chi connectivity index (χ2v) is 6.34. The normalized spacial score (nSPS) is 13.1. The predicted octanol–water partition coefficient (Wildman–Crippen LogP) is 3.59. The number of anilines is 1. The molecule has 0 radical (unpaired) electrons. The molecule has 0 fully saturated rings. The summed E-state index contributed by atoms with van der Waals surface area (Å²) in [5.41, 5.74) is 0.861. The van der Waals surface area contributed by atoms with Crippen molar-refractivity contribution < 1.29 is 14.3 Å². The third-order valence-electron chi connectivity index (χ3n) is 4.39. The van der Waals surface area contributed by atoms with Gasteiger partial charge in [-0.15, -0.1) is 0 Å². The minimum atomic E-state index is -0.967. The van der Waals surface area contributed by atoms with Gasteiger partial charge in [-0.1, -0.05) is 31.2 Å². The number of hydrogen-bond acceptors (Lipinski definition) is 5. The Morgan fingerprint density at radius 1 is 1.15 bits per heavy atom. The molecule has 0 aliphatic carbocycles. The number of para-hydroxylation sites is 1. The molecule has 7 nitrogen and oxygen atoms in total. The summed E-state index contributed by atoms with van der Waals surface area (Å²) in [7, 11) is 0. The van der Waals surface area contributed by atoms with E-state index in [0.29, 0.717) is 11.3 Å². The first kappa shape index (κ1) is 18.6. The van der Waals surface area contributed by atoms with Crippen molar-refractivity contribution in [3.8, 4) is 0 Å². The van der Waals surface area contributed by atoms with E-state index in [4.69, 9.17) is 4.74 Å². The molecule has 2 atom stereocenters. The van der Waals surface area contributed by atoms with E-state index in [2.05, 4.69) is 15.4 Å². The maximum absolute atomic E-state index is 12.4. The first-order valence-corrected chi connectivity index (χ1v) is 8.90. The Bertz CT molecular complexity index is 967. The highest BCUT2D eigenvalue weighted by molar-refractivity contribution is 5.97. The Balaban J connectivity index is 1.67. The molecule has 1 N–H and O–H groups in total. The van der Waals surface area contributed by atoms with Gasteiger partial charge in [0.2, 0.25) is 0 Å². The van der Waals surface area contributed by atoms with E-state index in [1.807, 2.05) is 38.1 Å². The zero-order chi connectivity index (χ0) is 19.4. The Kier molecular flexibility index (Phi) is 5.49. The molecular weight excluding hydrogens is 344 g/mol. The number of carbonyl (C=O) groups excluding carboxylic acids is 2. The number of aromatic nitrogens is 3. The number of rotatable bonds is 6. The SMILES string of the molecule is CC[C@H](C)n1nccc1NC(=O)[C@@H](C)OC(=O)c1ccc2ccccc2n1. The molecule has 0 unspecified atom stereocenters. The van der Waals surface area contributed by atoms with Crippen LogP contribution in [-0.2, 0) is 9.53 Å². The van der Waals surface area contributed by atoms with E-state index in [9.17, 15) is 9.59 Å². The van der Waals surface area contributed by atoms with Crippen LogP contribution in [0.5, 0.6) is 0 Å². The molecule has 2 aromatic heterocycles. The lowest BCUT2D eigenvalue weighted by Crippen LogP contribution is -2.31. The molecule has 0 aliphatic rings. The van der Waals surface area contributed by atoms with Crippen LogP contribution in [0.15, 0.2) is 48.7 Å². The molecular formula is C20H22N4O3. The first-order chi connectivity index (χ1) is 13.0. The lowest BCUT2D eigenvalue weighted by molar-refractivity contribution is -0.123. The Morgan fingerprint density at radius 3 is 2.70 bits per heavy atom. The van der Waals surface area contributed by atoms with Crippen molar-refractivity contribution in [2.45, 2.75) is 39.3 Å². The van der Waals surface area contributed by atoms with Gasteiger partial charge in [0.25, 0.3) is 5.91 Å². The van der Waals surface area contributed by atoms with Crippen molar-refractivity contribution in [2.75, 3.05) is 5.32 Å². The van der Waals surface area contributed by atoms with Crippen LogP contribution in [0.2, 0.25) is 0 Å². The van der Waals surface area contributed by atoms with Gasteiger partial charge in [0.05, 0.1) is 17.8 Å². The van der Waals surface area contributed by atoms with E-state index < -0.39 is 18.0 Å². The fraction of sp³-hybridized carbons (Fsp3) is 0.300. The molecule has 2 heterocycles. The van der Waals surface area contributed by atoms with Crippen LogP contribution in [-0.4, -0.2) is 32.7 Å². The van der Waals surface area contributed by atoms with Crippen molar-refractivity contribution in [3.05, 3.63) is 54.4 Å². The number of esters is 1. The number of nitrogens with zero attached hydrogens (tertiary/aromatic N) is 3. The molecule has 0 saturated heterocycles. The van der Waals surface area contributed by atoms with E-state index in [1.165, 1.54) is 6.92 Å². The van der Waals surface area contributed by atoms with Crippen LogP contribution < -0.4 is 5.32 Å². The number of ether oxygens (including phenoxy) is 1. The second kappa shape index (κ2) is 7.99. The number of nitrogens with one attached hydrogen (secondary N) is 1. The molecule has 3 aromatic rings. The standard InChI is InChI=1S/C20H22N4O3/c1-4-13(2)24-18(11-12-21-24)23-19(25)14(3)27-20(26)17-10-9-15-7-5-6-8-16(15)22-17/h5-14H,4H2,1-3H3,(H,23,25)/t13-,14+/m0/s1. The molecule has 0 spiro atoms. The van der Waals surface area contributed by atoms with Gasteiger partial charge in [-0.25, -0.2) is 14.5 Å². The summed E-state index contributed by atoms with van der Waals surface area (Å²) in [6, 6.07) is 12.7. The maximum atomic E-state index is 12.4. The summed E-state index contributed by atoms with van der Waals surface area (Å²) < 4.78 is 7.01. The number of pyridine rings is 1. The minimum absolute atomic E-state index is 0.148. The molecule has 0 aliphatic heterocycles. The summed E-state index contributed by atoms with van der Waals surface area (Å²) in [6.45, 7) is 5.58. The quantitative estimate of drug-likeness (QED) is 0.674.